The van der Waals surface area contributed by atoms with Crippen LogP contribution in [-0.2, 0) is 5.41 Å². The standard InChI is InChI=1S/C12H18ClNO/c1-12(2,6-7-14)10-8-9(13)4-5-11(10)15-3/h4-5,8H,6-7,14H2,1-3H3. The van der Waals surface area contributed by atoms with Crippen LogP contribution in [0.15, 0.2) is 18.2 Å². The summed E-state index contributed by atoms with van der Waals surface area (Å²) in [5.41, 5.74) is 6.71. The van der Waals surface area contributed by atoms with Crippen LogP contribution in [0.2, 0.25) is 5.02 Å². The minimum Gasteiger partial charge on any atom is -0.496 e. The van der Waals surface area contributed by atoms with Gasteiger partial charge < -0.3 is 10.5 Å². The fourth-order valence-corrected chi connectivity index (χ4v) is 1.88. The minimum absolute atomic E-state index is 0.00894. The van der Waals surface area contributed by atoms with Crippen molar-refractivity contribution in [2.45, 2.75) is 25.7 Å². The smallest absolute Gasteiger partial charge is 0.122 e. The molecule has 0 aromatic heterocycles. The molecule has 0 unspecified atom stereocenters. The predicted octanol–water partition coefficient (Wildman–Crippen LogP) is 2.98. The van der Waals surface area contributed by atoms with Crippen LogP contribution in [0, 0.1) is 0 Å². The molecule has 15 heavy (non-hydrogen) atoms. The van der Waals surface area contributed by atoms with E-state index in [0.717, 1.165) is 22.8 Å². The third-order valence-electron chi connectivity index (χ3n) is 2.66. The first-order valence-electron chi connectivity index (χ1n) is 5.05. The lowest BCUT2D eigenvalue weighted by molar-refractivity contribution is 0.387. The molecule has 0 amide bonds. The van der Waals surface area contributed by atoms with E-state index in [4.69, 9.17) is 22.1 Å². The normalized spacial score (nSPS) is 11.5. The van der Waals surface area contributed by atoms with Gasteiger partial charge in [0.25, 0.3) is 0 Å². The molecule has 1 rings (SSSR count). The SMILES string of the molecule is COc1ccc(Cl)cc1C(C)(C)CCN. The van der Waals surface area contributed by atoms with Crippen LogP contribution < -0.4 is 10.5 Å². The summed E-state index contributed by atoms with van der Waals surface area (Å²) in [6.45, 7) is 4.95. The van der Waals surface area contributed by atoms with Crippen LogP contribution in [0.25, 0.3) is 0 Å². The quantitative estimate of drug-likeness (QED) is 0.859. The van der Waals surface area contributed by atoms with E-state index < -0.39 is 0 Å². The Bertz CT molecular complexity index is 336. The number of ether oxygens (including phenoxy) is 1. The molecule has 2 nitrogen and oxygen atoms in total. The van der Waals surface area contributed by atoms with Gasteiger partial charge in [0.15, 0.2) is 0 Å². The zero-order valence-electron chi connectivity index (χ0n) is 9.51. The summed E-state index contributed by atoms with van der Waals surface area (Å²) in [6, 6.07) is 5.69. The first kappa shape index (κ1) is 12.3. The molecule has 0 saturated heterocycles. The number of hydrogen-bond acceptors (Lipinski definition) is 2. The van der Waals surface area contributed by atoms with Crippen molar-refractivity contribution in [3.63, 3.8) is 0 Å². The number of halogens is 1. The Morgan fingerprint density at radius 2 is 2.07 bits per heavy atom. The van der Waals surface area contributed by atoms with Crippen molar-refractivity contribution in [3.8, 4) is 5.75 Å². The average Bonchev–Trinajstić information content (AvgIpc) is 2.17. The maximum absolute atomic E-state index is 5.99. The van der Waals surface area contributed by atoms with Gasteiger partial charge in [-0.1, -0.05) is 25.4 Å². The van der Waals surface area contributed by atoms with E-state index in [1.807, 2.05) is 18.2 Å². The van der Waals surface area contributed by atoms with Crippen LogP contribution in [0.5, 0.6) is 5.75 Å². The first-order chi connectivity index (χ1) is 7.01. The topological polar surface area (TPSA) is 35.2 Å². The van der Waals surface area contributed by atoms with Gasteiger partial charge in [0.05, 0.1) is 7.11 Å². The Kier molecular flexibility index (Phi) is 4.00. The molecular formula is C12H18ClNO. The van der Waals surface area contributed by atoms with Gasteiger partial charge in [-0.25, -0.2) is 0 Å². The number of benzene rings is 1. The zero-order chi connectivity index (χ0) is 11.5. The summed E-state index contributed by atoms with van der Waals surface area (Å²) in [5.74, 6) is 0.873. The molecule has 0 spiro atoms. The second-order valence-corrected chi connectivity index (χ2v) is 4.70. The molecule has 3 heteroatoms. The van der Waals surface area contributed by atoms with E-state index in [0.29, 0.717) is 6.54 Å². The van der Waals surface area contributed by atoms with Crippen molar-refractivity contribution in [2.75, 3.05) is 13.7 Å². The highest BCUT2D eigenvalue weighted by Gasteiger charge is 2.23. The van der Waals surface area contributed by atoms with E-state index in [9.17, 15) is 0 Å². The summed E-state index contributed by atoms with van der Waals surface area (Å²) in [6.07, 6.45) is 0.906. The Labute approximate surface area is 96.4 Å². The Hall–Kier alpha value is -0.730. The molecular weight excluding hydrogens is 210 g/mol. The van der Waals surface area contributed by atoms with Gasteiger partial charge in [0.1, 0.15) is 5.75 Å². The van der Waals surface area contributed by atoms with Crippen molar-refractivity contribution >= 4 is 11.6 Å². The van der Waals surface area contributed by atoms with Gasteiger partial charge in [-0.2, -0.15) is 0 Å². The van der Waals surface area contributed by atoms with Gasteiger partial charge in [0, 0.05) is 10.6 Å². The van der Waals surface area contributed by atoms with Crippen molar-refractivity contribution in [2.24, 2.45) is 5.73 Å². The number of nitrogens with two attached hydrogens (primary N) is 1. The van der Waals surface area contributed by atoms with Gasteiger partial charge in [-0.05, 0) is 36.6 Å². The van der Waals surface area contributed by atoms with Crippen molar-refractivity contribution in [1.82, 2.24) is 0 Å². The average molecular weight is 228 g/mol. The molecule has 2 N–H and O–H groups in total. The highest BCUT2D eigenvalue weighted by atomic mass is 35.5. The molecule has 1 aromatic carbocycles. The van der Waals surface area contributed by atoms with E-state index >= 15 is 0 Å². The first-order valence-corrected chi connectivity index (χ1v) is 5.43. The summed E-state index contributed by atoms with van der Waals surface area (Å²) >= 11 is 5.99. The molecule has 1 aromatic rings. The molecule has 84 valence electrons. The molecule has 0 bridgehead atoms. The van der Waals surface area contributed by atoms with Gasteiger partial charge in [-0.15, -0.1) is 0 Å². The zero-order valence-corrected chi connectivity index (χ0v) is 10.3. The molecule has 0 aliphatic rings. The third kappa shape index (κ3) is 2.86. The highest BCUT2D eigenvalue weighted by molar-refractivity contribution is 6.30. The van der Waals surface area contributed by atoms with Crippen molar-refractivity contribution in [1.29, 1.82) is 0 Å². The van der Waals surface area contributed by atoms with Gasteiger partial charge in [-0.3, -0.25) is 0 Å². The molecule has 0 atom stereocenters. The molecule has 0 aliphatic carbocycles. The van der Waals surface area contributed by atoms with E-state index in [1.54, 1.807) is 7.11 Å². The summed E-state index contributed by atoms with van der Waals surface area (Å²) in [5, 5.41) is 0.732. The minimum atomic E-state index is -0.00894. The number of hydrogen-bond donors (Lipinski definition) is 1. The second kappa shape index (κ2) is 4.86. The monoisotopic (exact) mass is 227 g/mol. The molecule has 0 fully saturated rings. The Morgan fingerprint density at radius 1 is 1.40 bits per heavy atom. The number of rotatable bonds is 4. The molecule has 0 radical (unpaired) electrons. The molecule has 0 aliphatic heterocycles. The lowest BCUT2D eigenvalue weighted by Crippen LogP contribution is -2.22. The van der Waals surface area contributed by atoms with E-state index in [1.165, 1.54) is 0 Å². The third-order valence-corrected chi connectivity index (χ3v) is 2.90. The van der Waals surface area contributed by atoms with Crippen LogP contribution >= 0.6 is 11.6 Å². The van der Waals surface area contributed by atoms with Gasteiger partial charge in [0.2, 0.25) is 0 Å². The van der Waals surface area contributed by atoms with E-state index in [-0.39, 0.29) is 5.41 Å². The highest BCUT2D eigenvalue weighted by Crippen LogP contribution is 2.35. The lowest BCUT2D eigenvalue weighted by atomic mass is 9.81. The largest absolute Gasteiger partial charge is 0.496 e. The lowest BCUT2D eigenvalue weighted by Gasteiger charge is -2.26. The fraction of sp³-hybridized carbons (Fsp3) is 0.500. The Morgan fingerprint density at radius 3 is 2.60 bits per heavy atom. The molecule has 0 heterocycles. The summed E-state index contributed by atoms with van der Waals surface area (Å²) in [7, 11) is 1.67. The summed E-state index contributed by atoms with van der Waals surface area (Å²) in [4.78, 5) is 0. The Balaban J connectivity index is 3.15. The van der Waals surface area contributed by atoms with E-state index in [2.05, 4.69) is 13.8 Å². The summed E-state index contributed by atoms with van der Waals surface area (Å²) < 4.78 is 5.33. The van der Waals surface area contributed by atoms with Crippen LogP contribution in [0.4, 0.5) is 0 Å². The van der Waals surface area contributed by atoms with Crippen LogP contribution in [0.3, 0.4) is 0 Å². The predicted molar refractivity (Wildman–Crippen MR) is 64.7 cm³/mol. The maximum Gasteiger partial charge on any atom is 0.122 e. The van der Waals surface area contributed by atoms with Crippen LogP contribution in [-0.4, -0.2) is 13.7 Å². The maximum atomic E-state index is 5.99. The van der Waals surface area contributed by atoms with Crippen molar-refractivity contribution in [3.05, 3.63) is 28.8 Å². The van der Waals surface area contributed by atoms with Crippen molar-refractivity contribution < 1.29 is 4.74 Å². The molecule has 0 saturated carbocycles. The second-order valence-electron chi connectivity index (χ2n) is 4.27. The number of methoxy groups -OCH3 is 1. The van der Waals surface area contributed by atoms with Gasteiger partial charge >= 0.3 is 0 Å². The van der Waals surface area contributed by atoms with Crippen LogP contribution in [0.1, 0.15) is 25.8 Å². The fourth-order valence-electron chi connectivity index (χ4n) is 1.70.